The molecule has 2 rings (SSSR count). The van der Waals surface area contributed by atoms with Crippen molar-refractivity contribution in [1.29, 1.82) is 0 Å². The Hall–Kier alpha value is -1.56. The Labute approximate surface area is 133 Å². The number of hydrogen-bond acceptors (Lipinski definition) is 3. The maximum atomic E-state index is 12.4. The normalized spacial score (nSPS) is 17.7. The third kappa shape index (κ3) is 3.27. The minimum atomic E-state index is -3.29. The van der Waals surface area contributed by atoms with E-state index in [2.05, 4.69) is 13.8 Å². The Morgan fingerprint density at radius 3 is 2.59 bits per heavy atom. The summed E-state index contributed by atoms with van der Waals surface area (Å²) in [4.78, 5) is 14.1. The SMILES string of the molecule is CC(C)CN(C)C(=O)c1ccc2c(c1)CC(C)N2S(C)(=O)=O. The van der Waals surface area contributed by atoms with Gasteiger partial charge in [-0.2, -0.15) is 0 Å². The number of benzene rings is 1. The number of fused-ring (bicyclic) bond motifs is 1. The van der Waals surface area contributed by atoms with E-state index >= 15 is 0 Å². The quantitative estimate of drug-likeness (QED) is 0.852. The van der Waals surface area contributed by atoms with Crippen LogP contribution in [0.15, 0.2) is 18.2 Å². The molecule has 0 radical (unpaired) electrons. The summed E-state index contributed by atoms with van der Waals surface area (Å²) in [6, 6.07) is 5.18. The average Bonchev–Trinajstić information content (AvgIpc) is 2.71. The molecule has 0 bridgehead atoms. The van der Waals surface area contributed by atoms with Crippen LogP contribution in [0, 0.1) is 5.92 Å². The van der Waals surface area contributed by atoms with Crippen LogP contribution in [0.5, 0.6) is 0 Å². The average molecular weight is 324 g/mol. The van der Waals surface area contributed by atoms with Crippen molar-refractivity contribution >= 4 is 21.6 Å². The number of nitrogens with zero attached hydrogens (tertiary/aromatic N) is 2. The topological polar surface area (TPSA) is 57.7 Å². The molecule has 1 aromatic rings. The Morgan fingerprint density at radius 2 is 2.05 bits per heavy atom. The second-order valence-electron chi connectivity index (χ2n) is 6.53. The van der Waals surface area contributed by atoms with Gasteiger partial charge in [-0.15, -0.1) is 0 Å². The summed E-state index contributed by atoms with van der Waals surface area (Å²) >= 11 is 0. The number of hydrogen-bond donors (Lipinski definition) is 0. The predicted octanol–water partition coefficient (Wildman–Crippen LogP) is 2.13. The molecule has 0 saturated carbocycles. The van der Waals surface area contributed by atoms with Crippen molar-refractivity contribution in [1.82, 2.24) is 4.90 Å². The highest BCUT2D eigenvalue weighted by atomic mass is 32.2. The number of anilines is 1. The van der Waals surface area contributed by atoms with Gasteiger partial charge in [-0.3, -0.25) is 9.10 Å². The summed E-state index contributed by atoms with van der Waals surface area (Å²) in [6.45, 7) is 6.71. The van der Waals surface area contributed by atoms with Crippen LogP contribution in [0.4, 0.5) is 5.69 Å². The first kappa shape index (κ1) is 16.8. The standard InChI is InChI=1S/C16H24N2O3S/c1-11(2)10-17(4)16(19)13-6-7-15-14(9-13)8-12(3)18(15)22(5,20)21/h6-7,9,11-12H,8,10H2,1-5H3. The number of amides is 1. The van der Waals surface area contributed by atoms with E-state index in [1.165, 1.54) is 10.6 Å². The van der Waals surface area contributed by atoms with Gasteiger partial charge in [0.05, 0.1) is 11.9 Å². The molecule has 1 aromatic carbocycles. The molecule has 0 fully saturated rings. The van der Waals surface area contributed by atoms with Crippen molar-refractivity contribution in [3.05, 3.63) is 29.3 Å². The molecule has 1 heterocycles. The number of rotatable bonds is 4. The second kappa shape index (κ2) is 5.91. The van der Waals surface area contributed by atoms with Gasteiger partial charge >= 0.3 is 0 Å². The first-order valence-electron chi connectivity index (χ1n) is 7.49. The molecule has 0 spiro atoms. The molecular formula is C16H24N2O3S. The molecule has 122 valence electrons. The molecule has 1 aliphatic rings. The van der Waals surface area contributed by atoms with E-state index in [-0.39, 0.29) is 11.9 Å². The molecule has 1 aliphatic heterocycles. The highest BCUT2D eigenvalue weighted by Crippen LogP contribution is 2.34. The van der Waals surface area contributed by atoms with E-state index in [0.717, 1.165) is 5.56 Å². The Morgan fingerprint density at radius 1 is 1.41 bits per heavy atom. The summed E-state index contributed by atoms with van der Waals surface area (Å²) in [7, 11) is -1.50. The molecule has 6 heteroatoms. The molecule has 1 unspecified atom stereocenters. The number of carbonyl (C=O) groups is 1. The minimum Gasteiger partial charge on any atom is -0.341 e. The molecule has 1 amide bonds. The summed E-state index contributed by atoms with van der Waals surface area (Å²) in [6.07, 6.45) is 1.85. The van der Waals surface area contributed by atoms with E-state index in [0.29, 0.717) is 30.1 Å². The van der Waals surface area contributed by atoms with Gasteiger partial charge < -0.3 is 4.90 Å². The van der Waals surface area contributed by atoms with Crippen LogP contribution in [-0.4, -0.2) is 45.1 Å². The third-order valence-electron chi connectivity index (χ3n) is 3.82. The van der Waals surface area contributed by atoms with Crippen LogP contribution < -0.4 is 4.31 Å². The molecule has 22 heavy (non-hydrogen) atoms. The lowest BCUT2D eigenvalue weighted by molar-refractivity contribution is 0.0779. The van der Waals surface area contributed by atoms with Gasteiger partial charge in [0, 0.05) is 25.2 Å². The van der Waals surface area contributed by atoms with Gasteiger partial charge in [0.25, 0.3) is 5.91 Å². The molecule has 5 nitrogen and oxygen atoms in total. The van der Waals surface area contributed by atoms with E-state index < -0.39 is 10.0 Å². The van der Waals surface area contributed by atoms with E-state index in [1.807, 2.05) is 13.0 Å². The fourth-order valence-corrected chi connectivity index (χ4v) is 4.36. The van der Waals surface area contributed by atoms with Crippen LogP contribution in [0.25, 0.3) is 0 Å². The fraction of sp³-hybridized carbons (Fsp3) is 0.562. The van der Waals surface area contributed by atoms with Gasteiger partial charge in [0.1, 0.15) is 0 Å². The van der Waals surface area contributed by atoms with Crippen molar-refractivity contribution in [2.75, 3.05) is 24.2 Å². The second-order valence-corrected chi connectivity index (χ2v) is 8.39. The number of sulfonamides is 1. The molecule has 0 aromatic heterocycles. The monoisotopic (exact) mass is 324 g/mol. The van der Waals surface area contributed by atoms with Crippen LogP contribution >= 0.6 is 0 Å². The predicted molar refractivity (Wildman–Crippen MR) is 88.7 cm³/mol. The van der Waals surface area contributed by atoms with Crippen LogP contribution in [0.2, 0.25) is 0 Å². The largest absolute Gasteiger partial charge is 0.341 e. The minimum absolute atomic E-state index is 0.0260. The molecular weight excluding hydrogens is 300 g/mol. The first-order valence-corrected chi connectivity index (χ1v) is 9.34. The molecule has 0 saturated heterocycles. The maximum absolute atomic E-state index is 12.4. The van der Waals surface area contributed by atoms with E-state index in [1.54, 1.807) is 24.1 Å². The van der Waals surface area contributed by atoms with Gasteiger partial charge in [-0.25, -0.2) is 8.42 Å². The van der Waals surface area contributed by atoms with Crippen LogP contribution in [-0.2, 0) is 16.4 Å². The lowest BCUT2D eigenvalue weighted by Crippen LogP contribution is -2.34. The highest BCUT2D eigenvalue weighted by Gasteiger charge is 2.32. The summed E-state index contributed by atoms with van der Waals surface area (Å²) in [5, 5.41) is 0. The van der Waals surface area contributed by atoms with Gasteiger partial charge in [-0.1, -0.05) is 13.8 Å². The van der Waals surface area contributed by atoms with Crippen LogP contribution in [0.1, 0.15) is 36.7 Å². The summed E-state index contributed by atoms with van der Waals surface area (Å²) in [5.74, 6) is 0.381. The lowest BCUT2D eigenvalue weighted by atomic mass is 10.1. The Bertz CT molecular complexity index is 683. The lowest BCUT2D eigenvalue weighted by Gasteiger charge is -2.22. The van der Waals surface area contributed by atoms with Crippen molar-refractivity contribution in [2.45, 2.75) is 33.2 Å². The zero-order valence-electron chi connectivity index (χ0n) is 13.8. The zero-order chi connectivity index (χ0) is 16.7. The van der Waals surface area contributed by atoms with Crippen molar-refractivity contribution in [3.8, 4) is 0 Å². The molecule has 1 atom stereocenters. The van der Waals surface area contributed by atoms with Crippen molar-refractivity contribution in [2.24, 2.45) is 5.92 Å². The van der Waals surface area contributed by atoms with Gasteiger partial charge in [-0.05, 0) is 43.0 Å². The zero-order valence-corrected chi connectivity index (χ0v) is 14.6. The van der Waals surface area contributed by atoms with E-state index in [9.17, 15) is 13.2 Å². The van der Waals surface area contributed by atoms with Crippen molar-refractivity contribution < 1.29 is 13.2 Å². The Kier molecular flexibility index (Phi) is 4.52. The number of carbonyl (C=O) groups excluding carboxylic acids is 1. The highest BCUT2D eigenvalue weighted by molar-refractivity contribution is 7.92. The Balaban J connectivity index is 2.31. The third-order valence-corrected chi connectivity index (χ3v) is 5.09. The maximum Gasteiger partial charge on any atom is 0.253 e. The molecule has 0 aliphatic carbocycles. The first-order chi connectivity index (χ1) is 10.1. The molecule has 0 N–H and O–H groups in total. The van der Waals surface area contributed by atoms with Gasteiger partial charge in [0.15, 0.2) is 0 Å². The smallest absolute Gasteiger partial charge is 0.253 e. The van der Waals surface area contributed by atoms with E-state index in [4.69, 9.17) is 0 Å². The van der Waals surface area contributed by atoms with Crippen molar-refractivity contribution in [3.63, 3.8) is 0 Å². The van der Waals surface area contributed by atoms with Crippen LogP contribution in [0.3, 0.4) is 0 Å². The van der Waals surface area contributed by atoms with Gasteiger partial charge in [0.2, 0.25) is 10.0 Å². The summed E-state index contributed by atoms with van der Waals surface area (Å²) < 4.78 is 25.3. The summed E-state index contributed by atoms with van der Waals surface area (Å²) in [5.41, 5.74) is 2.23. The fourth-order valence-electron chi connectivity index (χ4n) is 3.09.